The molecule has 41 heavy (non-hydrogen) atoms. The fourth-order valence-electron chi connectivity index (χ4n) is 1.49. The molecular formula is C18H34N4O10S9. The Morgan fingerprint density at radius 3 is 1.61 bits per heavy atom. The third-order valence-corrected chi connectivity index (χ3v) is 11.2. The summed E-state index contributed by atoms with van der Waals surface area (Å²) in [6, 6.07) is 0. The first kappa shape index (κ1) is 41.5. The zero-order valence-electron chi connectivity index (χ0n) is 21.8. The molecule has 0 aromatic carbocycles. The van der Waals surface area contributed by atoms with Crippen molar-refractivity contribution in [3.63, 3.8) is 0 Å². The van der Waals surface area contributed by atoms with Gasteiger partial charge in [0.2, 0.25) is 12.8 Å². The van der Waals surface area contributed by atoms with Crippen molar-refractivity contribution in [3.05, 3.63) is 0 Å². The number of rotatable bonds is 30. The molecule has 0 unspecified atom stereocenters. The van der Waals surface area contributed by atoms with Gasteiger partial charge in [0.15, 0.2) is 0 Å². The van der Waals surface area contributed by atoms with Gasteiger partial charge < -0.3 is 40.1 Å². The number of hydrogen-bond donors (Lipinski definition) is 4. The Morgan fingerprint density at radius 1 is 0.585 bits per heavy atom. The lowest BCUT2D eigenvalue weighted by atomic mass is 11.1. The molecule has 0 aliphatic carbocycles. The lowest BCUT2D eigenvalue weighted by molar-refractivity contribution is -0.196. The highest BCUT2D eigenvalue weighted by Gasteiger charge is 2.02. The van der Waals surface area contributed by atoms with Crippen LogP contribution >= 0.6 is 106 Å². The summed E-state index contributed by atoms with van der Waals surface area (Å²) < 4.78 is 9.87. The number of thioether (sulfide) groups is 9. The zero-order chi connectivity index (χ0) is 29.9. The summed E-state index contributed by atoms with van der Waals surface area (Å²) in [6.45, 7) is 0. The van der Waals surface area contributed by atoms with E-state index in [9.17, 15) is 9.59 Å². The van der Waals surface area contributed by atoms with Gasteiger partial charge in [-0.05, 0) is 0 Å². The molecule has 0 aromatic heterocycles. The maximum Gasteiger partial charge on any atom is 0.408 e. The van der Waals surface area contributed by atoms with E-state index < -0.39 is 12.2 Å². The van der Waals surface area contributed by atoms with Gasteiger partial charge in [-0.25, -0.2) is 19.6 Å². The summed E-state index contributed by atoms with van der Waals surface area (Å²) in [6.07, 6.45) is 1.49. The summed E-state index contributed by atoms with van der Waals surface area (Å²) in [4.78, 5) is 50.1. The molecule has 0 atom stereocenters. The van der Waals surface area contributed by atoms with Crippen molar-refractivity contribution in [3.8, 4) is 0 Å². The molecule has 0 heterocycles. The molecule has 23 heteroatoms. The summed E-state index contributed by atoms with van der Waals surface area (Å²) in [5, 5.41) is 25.5. The van der Waals surface area contributed by atoms with Gasteiger partial charge in [-0.3, -0.25) is 0 Å². The van der Waals surface area contributed by atoms with E-state index in [1.54, 1.807) is 47.0 Å². The van der Waals surface area contributed by atoms with Crippen LogP contribution in [0.5, 0.6) is 0 Å². The molecule has 0 saturated carbocycles. The second kappa shape index (κ2) is 36.7. The topological polar surface area (TPSA) is 179 Å². The van der Waals surface area contributed by atoms with Crippen molar-refractivity contribution in [1.29, 1.82) is 0 Å². The number of nitrogens with one attached hydrogen (secondary N) is 2. The fourth-order valence-corrected chi connectivity index (χ4v) is 7.62. The van der Waals surface area contributed by atoms with Gasteiger partial charge in [-0.15, -0.1) is 94.1 Å². The number of aliphatic hydroxyl groups excluding tert-OH is 2. The second-order valence-corrected chi connectivity index (χ2v) is 15.8. The largest absolute Gasteiger partial charge is 0.438 e. The summed E-state index contributed by atoms with van der Waals surface area (Å²) in [5.74, 6) is 2.73. The molecule has 0 bridgehead atoms. The maximum absolute atomic E-state index is 11.6. The van der Waals surface area contributed by atoms with Crippen molar-refractivity contribution in [1.82, 2.24) is 10.6 Å². The van der Waals surface area contributed by atoms with Crippen LogP contribution in [-0.2, 0) is 29.0 Å². The Hall–Kier alpha value is 0.470. The average Bonchev–Trinajstić information content (AvgIpc) is 2.97. The Morgan fingerprint density at radius 2 is 1.02 bits per heavy atom. The van der Waals surface area contributed by atoms with Crippen LogP contribution in [0.1, 0.15) is 0 Å². The summed E-state index contributed by atoms with van der Waals surface area (Å²) >= 11 is 13.2. The molecule has 0 aliphatic heterocycles. The van der Waals surface area contributed by atoms with Gasteiger partial charge in [0.1, 0.15) is 23.8 Å². The van der Waals surface area contributed by atoms with E-state index in [2.05, 4.69) is 25.5 Å². The summed E-state index contributed by atoms with van der Waals surface area (Å²) in [5.41, 5.74) is 0. The van der Waals surface area contributed by atoms with Crippen molar-refractivity contribution in [2.24, 2.45) is 9.98 Å². The van der Waals surface area contributed by atoms with E-state index in [1.165, 1.54) is 59.8 Å². The highest BCUT2D eigenvalue weighted by molar-refractivity contribution is 8.22. The molecule has 0 rings (SSSR count). The highest BCUT2D eigenvalue weighted by atomic mass is 32.2. The van der Waals surface area contributed by atoms with Gasteiger partial charge in [-0.2, -0.15) is 9.78 Å². The Labute approximate surface area is 277 Å². The van der Waals surface area contributed by atoms with Crippen LogP contribution in [0.2, 0.25) is 0 Å². The SMILES string of the molecule is O=C(NCSCSC/N=C/OOCSCSCSCNC(=O)OCSCSC/N=C/OOCSCO)OCSCO. The molecule has 0 radical (unpaired) electrons. The van der Waals surface area contributed by atoms with Crippen LogP contribution < -0.4 is 10.6 Å². The number of carbonyl (C=O) groups excluding carboxylic acids is 2. The minimum absolute atomic E-state index is 0.0312. The second-order valence-electron chi connectivity index (χ2n) is 5.81. The maximum atomic E-state index is 11.6. The van der Waals surface area contributed by atoms with Crippen LogP contribution in [0.25, 0.3) is 0 Å². The van der Waals surface area contributed by atoms with Gasteiger partial charge in [0, 0.05) is 20.3 Å². The third kappa shape index (κ3) is 36.6. The number of amides is 2. The minimum Gasteiger partial charge on any atom is -0.438 e. The number of nitrogens with zero attached hydrogens (tertiary/aromatic N) is 2. The first-order valence-corrected chi connectivity index (χ1v) is 21.4. The molecule has 4 N–H and O–H groups in total. The van der Waals surface area contributed by atoms with E-state index >= 15 is 0 Å². The average molecular weight is 755 g/mol. The Balaban J connectivity index is 3.26. The van der Waals surface area contributed by atoms with Crippen LogP contribution in [0.4, 0.5) is 9.59 Å². The number of alkyl carbamates (subject to hydrolysis) is 2. The van der Waals surface area contributed by atoms with Gasteiger partial charge in [-0.1, -0.05) is 11.8 Å². The molecular weight excluding hydrogens is 721 g/mol. The Kier molecular flexibility index (Phi) is 37.1. The quantitative estimate of drug-likeness (QED) is 0.0203. The van der Waals surface area contributed by atoms with Crippen molar-refractivity contribution >= 4 is 131 Å². The smallest absolute Gasteiger partial charge is 0.408 e. The van der Waals surface area contributed by atoms with Crippen LogP contribution in [-0.4, -0.2) is 115 Å². The molecule has 14 nitrogen and oxygen atoms in total. The number of aliphatic imine (C=N–C) groups is 2. The molecule has 0 aromatic rings. The van der Waals surface area contributed by atoms with Crippen molar-refractivity contribution in [2.75, 3.05) is 79.5 Å². The number of carbonyl (C=O) groups is 2. The van der Waals surface area contributed by atoms with Gasteiger partial charge >= 0.3 is 12.2 Å². The summed E-state index contributed by atoms with van der Waals surface area (Å²) in [7, 11) is 0. The van der Waals surface area contributed by atoms with E-state index in [4.69, 9.17) is 34.3 Å². The molecule has 0 fully saturated rings. The first-order chi connectivity index (χ1) is 20.2. The van der Waals surface area contributed by atoms with Crippen molar-refractivity contribution in [2.45, 2.75) is 0 Å². The molecule has 2 amide bonds. The lowest BCUT2D eigenvalue weighted by Crippen LogP contribution is -2.23. The Bertz CT molecular complexity index is 666. The fraction of sp³-hybridized carbons (Fsp3) is 0.778. The van der Waals surface area contributed by atoms with Gasteiger partial charge in [0.25, 0.3) is 0 Å². The van der Waals surface area contributed by atoms with Crippen LogP contribution in [0.3, 0.4) is 0 Å². The number of hydrogen-bond acceptors (Lipinski definition) is 21. The minimum atomic E-state index is -0.511. The van der Waals surface area contributed by atoms with Crippen molar-refractivity contribution < 1.29 is 48.8 Å². The number of ether oxygens (including phenoxy) is 2. The predicted octanol–water partition coefficient (Wildman–Crippen LogP) is 4.38. The van der Waals surface area contributed by atoms with Crippen LogP contribution in [0.15, 0.2) is 9.98 Å². The molecule has 0 aliphatic rings. The first-order valence-electron chi connectivity index (χ1n) is 11.0. The third-order valence-electron chi connectivity index (χ3n) is 3.00. The van der Waals surface area contributed by atoms with E-state index in [1.807, 2.05) is 0 Å². The predicted molar refractivity (Wildman–Crippen MR) is 181 cm³/mol. The van der Waals surface area contributed by atoms with E-state index in [0.29, 0.717) is 34.5 Å². The monoisotopic (exact) mass is 754 g/mol. The molecule has 0 saturated heterocycles. The zero-order valence-corrected chi connectivity index (χ0v) is 29.1. The molecule has 0 spiro atoms. The standard InChI is InChI=1S/C18H34N4O10S9/c23-7-37-9-27-17(25)21-5-35-13-33-3-19-2-30-32-12-40-16-41-15-36-6-22-18(26)28-10-39-14-34-4-20-1-29-31-11-38-8-24/h1-2,23-24H,3-16H2,(H,21,25)(H,22,26)/b19-2+,20-1+. The van der Waals surface area contributed by atoms with Gasteiger partial charge in [0.05, 0.1) is 35.4 Å². The normalized spacial score (nSPS) is 11.2. The van der Waals surface area contributed by atoms with E-state index in [-0.39, 0.29) is 29.7 Å². The molecule has 240 valence electrons. The number of aliphatic hydroxyl groups is 2. The van der Waals surface area contributed by atoms with E-state index in [0.717, 1.165) is 27.0 Å². The lowest BCUT2D eigenvalue weighted by Gasteiger charge is -2.06. The van der Waals surface area contributed by atoms with Crippen LogP contribution in [0, 0.1) is 0 Å². The highest BCUT2D eigenvalue weighted by Crippen LogP contribution is 2.17.